The van der Waals surface area contributed by atoms with E-state index in [2.05, 4.69) is 29.4 Å². The van der Waals surface area contributed by atoms with Crippen LogP contribution in [-0.4, -0.2) is 17.4 Å². The van der Waals surface area contributed by atoms with Crippen molar-refractivity contribution in [2.75, 3.05) is 5.33 Å². The number of alkyl halides is 1. The van der Waals surface area contributed by atoms with Crippen molar-refractivity contribution in [3.8, 4) is 0 Å². The molecule has 3 nitrogen and oxygen atoms in total. The second-order valence-electron chi connectivity index (χ2n) is 6.39. The number of rotatable bonds is 14. The van der Waals surface area contributed by atoms with E-state index < -0.39 is 0 Å². The lowest BCUT2D eigenvalue weighted by Crippen LogP contribution is -2.25. The molecule has 0 aliphatic rings. The predicted molar refractivity (Wildman–Crippen MR) is 105 cm³/mol. The summed E-state index contributed by atoms with van der Waals surface area (Å²) in [6, 6.07) is 0. The maximum Gasteiger partial charge on any atom is 0.333 e. The van der Waals surface area contributed by atoms with Gasteiger partial charge < -0.3 is 10.9 Å². The molecule has 138 valence electrons. The Kier molecular flexibility index (Phi) is 17.9. The van der Waals surface area contributed by atoms with Crippen molar-refractivity contribution in [3.63, 3.8) is 0 Å². The first-order valence-electron chi connectivity index (χ1n) is 8.95. The summed E-state index contributed by atoms with van der Waals surface area (Å²) in [4.78, 5) is 11.6. The lowest BCUT2D eigenvalue weighted by Gasteiger charge is -2.23. The van der Waals surface area contributed by atoms with Crippen LogP contribution in [0.3, 0.4) is 0 Å². The van der Waals surface area contributed by atoms with Crippen LogP contribution in [0.25, 0.3) is 0 Å². The molecule has 0 radical (unpaired) electrons. The lowest BCUT2D eigenvalue weighted by atomic mass is 9.93. The van der Waals surface area contributed by atoms with Crippen molar-refractivity contribution in [2.24, 2.45) is 5.92 Å². The van der Waals surface area contributed by atoms with Gasteiger partial charge in [-0.05, 0) is 32.6 Å². The zero-order chi connectivity index (χ0) is 16.8. The molecule has 0 aliphatic carbocycles. The molecule has 0 saturated carbocycles. The highest BCUT2D eigenvalue weighted by Gasteiger charge is 2.20. The first-order valence-corrected chi connectivity index (χ1v) is 10.1. The van der Waals surface area contributed by atoms with Gasteiger partial charge in [0.25, 0.3) is 0 Å². The van der Waals surface area contributed by atoms with Crippen LogP contribution in [0.5, 0.6) is 0 Å². The van der Waals surface area contributed by atoms with Gasteiger partial charge in [-0.2, -0.15) is 0 Å². The summed E-state index contributed by atoms with van der Waals surface area (Å²) < 4.78 is 5.49. The number of hydrogen-bond acceptors (Lipinski definition) is 3. The quantitative estimate of drug-likeness (QED) is 0.157. The van der Waals surface area contributed by atoms with Gasteiger partial charge in [0.1, 0.15) is 6.10 Å². The fourth-order valence-corrected chi connectivity index (χ4v) is 3.25. The topological polar surface area (TPSA) is 61.3 Å². The van der Waals surface area contributed by atoms with Crippen LogP contribution < -0.4 is 6.15 Å². The Morgan fingerprint density at radius 2 is 1.57 bits per heavy atom. The molecule has 0 rings (SSSR count). The number of unbranched alkanes of at least 4 members (excludes halogenated alkanes) is 7. The summed E-state index contributed by atoms with van der Waals surface area (Å²) in [6.45, 7) is 9.62. The first kappa shape index (κ1) is 24.9. The van der Waals surface area contributed by atoms with E-state index in [4.69, 9.17) is 4.74 Å². The van der Waals surface area contributed by atoms with Crippen LogP contribution in [0.4, 0.5) is 0 Å². The third kappa shape index (κ3) is 13.8. The van der Waals surface area contributed by atoms with Gasteiger partial charge in [0.2, 0.25) is 0 Å². The van der Waals surface area contributed by atoms with Gasteiger partial charge in [-0.3, -0.25) is 0 Å². The molecule has 3 N–H and O–H groups in total. The first-order chi connectivity index (χ1) is 10.5. The van der Waals surface area contributed by atoms with Gasteiger partial charge in [-0.25, -0.2) is 4.79 Å². The van der Waals surface area contributed by atoms with E-state index in [9.17, 15) is 4.79 Å². The SMILES string of the molecule is C=C(C)C(=O)OC(C)C(CCBr)CCCCCCCCCC.N. The minimum absolute atomic E-state index is 0. The van der Waals surface area contributed by atoms with Crippen molar-refractivity contribution in [1.82, 2.24) is 6.15 Å². The number of esters is 1. The van der Waals surface area contributed by atoms with E-state index in [-0.39, 0.29) is 18.2 Å². The highest BCUT2D eigenvalue weighted by atomic mass is 79.9. The molecule has 0 aromatic rings. The molecule has 23 heavy (non-hydrogen) atoms. The number of ether oxygens (including phenoxy) is 1. The van der Waals surface area contributed by atoms with Crippen molar-refractivity contribution < 1.29 is 9.53 Å². The number of hydrogen-bond donors (Lipinski definition) is 1. The van der Waals surface area contributed by atoms with E-state index in [0.717, 1.165) is 18.2 Å². The predicted octanol–water partition coefficient (Wildman–Crippen LogP) is 6.59. The normalized spacial score (nSPS) is 13.0. The van der Waals surface area contributed by atoms with Gasteiger partial charge in [-0.15, -0.1) is 0 Å². The average Bonchev–Trinajstić information content (AvgIpc) is 2.48. The van der Waals surface area contributed by atoms with Crippen LogP contribution in [0.1, 0.15) is 85.0 Å². The van der Waals surface area contributed by atoms with E-state index in [0.29, 0.717) is 11.5 Å². The van der Waals surface area contributed by atoms with Gasteiger partial charge in [0.15, 0.2) is 0 Å². The average molecular weight is 392 g/mol. The molecule has 4 heteroatoms. The van der Waals surface area contributed by atoms with E-state index in [1.54, 1.807) is 6.92 Å². The lowest BCUT2D eigenvalue weighted by molar-refractivity contribution is -0.146. The zero-order valence-electron chi connectivity index (χ0n) is 15.5. The van der Waals surface area contributed by atoms with E-state index in [1.807, 2.05) is 6.92 Å². The van der Waals surface area contributed by atoms with Crippen molar-refractivity contribution in [1.29, 1.82) is 0 Å². The second kappa shape index (κ2) is 16.5. The summed E-state index contributed by atoms with van der Waals surface area (Å²) >= 11 is 3.51. The molecule has 0 saturated heterocycles. The second-order valence-corrected chi connectivity index (χ2v) is 7.19. The molecule has 0 spiro atoms. The molecule has 2 atom stereocenters. The maximum atomic E-state index is 11.6. The fourth-order valence-electron chi connectivity index (χ4n) is 2.66. The fraction of sp³-hybridized carbons (Fsp3) is 0.842. The smallest absolute Gasteiger partial charge is 0.333 e. The largest absolute Gasteiger partial charge is 0.459 e. The zero-order valence-corrected chi connectivity index (χ0v) is 17.1. The molecule has 0 amide bonds. The highest BCUT2D eigenvalue weighted by Crippen LogP contribution is 2.22. The van der Waals surface area contributed by atoms with Crippen LogP contribution in [0.2, 0.25) is 0 Å². The molecular formula is C19H38BrNO2. The number of carbonyl (C=O) groups is 1. The Balaban J connectivity index is 0. The minimum Gasteiger partial charge on any atom is -0.459 e. The Morgan fingerprint density at radius 3 is 2.04 bits per heavy atom. The molecule has 0 bridgehead atoms. The van der Waals surface area contributed by atoms with Crippen LogP contribution in [0.15, 0.2) is 12.2 Å². The molecule has 0 aromatic carbocycles. The highest BCUT2D eigenvalue weighted by molar-refractivity contribution is 9.09. The maximum absolute atomic E-state index is 11.6. The molecule has 2 unspecified atom stereocenters. The monoisotopic (exact) mass is 391 g/mol. The Morgan fingerprint density at radius 1 is 1.04 bits per heavy atom. The number of halogens is 1. The van der Waals surface area contributed by atoms with Gasteiger partial charge in [-0.1, -0.05) is 80.8 Å². The minimum atomic E-state index is -0.261. The standard InChI is InChI=1S/C19H35BrO2.H3N/c1-5-6-7-8-9-10-11-12-13-18(14-15-20)17(4)22-19(21)16(2)3;/h17-18H,2,5-15H2,1,3-4H3;1H3. The van der Waals surface area contributed by atoms with Crippen molar-refractivity contribution in [2.45, 2.75) is 91.1 Å². The summed E-state index contributed by atoms with van der Waals surface area (Å²) in [5, 5.41) is 0.962. The van der Waals surface area contributed by atoms with Crippen LogP contribution >= 0.6 is 15.9 Å². The summed E-state index contributed by atoms with van der Waals surface area (Å²) in [5.41, 5.74) is 0.483. The third-order valence-corrected chi connectivity index (χ3v) is 4.67. The van der Waals surface area contributed by atoms with Crippen LogP contribution in [-0.2, 0) is 9.53 Å². The van der Waals surface area contributed by atoms with Crippen molar-refractivity contribution in [3.05, 3.63) is 12.2 Å². The molecule has 0 aromatic heterocycles. The van der Waals surface area contributed by atoms with Crippen LogP contribution in [0, 0.1) is 5.92 Å². The molecule has 0 heterocycles. The molecule has 0 aliphatic heterocycles. The van der Waals surface area contributed by atoms with Gasteiger partial charge in [0.05, 0.1) is 0 Å². The Bertz CT molecular complexity index is 308. The summed E-state index contributed by atoms with van der Waals surface area (Å²) in [7, 11) is 0. The summed E-state index contributed by atoms with van der Waals surface area (Å²) in [6.07, 6.45) is 12.9. The summed E-state index contributed by atoms with van der Waals surface area (Å²) in [5.74, 6) is 0.186. The number of carbonyl (C=O) groups excluding carboxylic acids is 1. The Hall–Kier alpha value is -0.350. The van der Waals surface area contributed by atoms with Gasteiger partial charge >= 0.3 is 5.97 Å². The molecular weight excluding hydrogens is 354 g/mol. The van der Waals surface area contributed by atoms with E-state index in [1.165, 1.54) is 51.4 Å². The van der Waals surface area contributed by atoms with Gasteiger partial charge in [0, 0.05) is 10.9 Å². The molecule has 0 fully saturated rings. The Labute approximate surface area is 152 Å². The van der Waals surface area contributed by atoms with E-state index >= 15 is 0 Å². The third-order valence-electron chi connectivity index (χ3n) is 4.21. The van der Waals surface area contributed by atoms with Crippen molar-refractivity contribution >= 4 is 21.9 Å².